The quantitative estimate of drug-likeness (QED) is 0.823. The highest BCUT2D eigenvalue weighted by atomic mass is 79.9. The lowest BCUT2D eigenvalue weighted by Gasteiger charge is -2.35. The number of rotatable bonds is 5. The van der Waals surface area contributed by atoms with Crippen LogP contribution in [0, 0.1) is 11.8 Å². The van der Waals surface area contributed by atoms with Crippen LogP contribution in [0.25, 0.3) is 0 Å². The summed E-state index contributed by atoms with van der Waals surface area (Å²) in [5.74, 6) is -0.417. The lowest BCUT2D eigenvalue weighted by Crippen LogP contribution is -2.48. The molecule has 1 saturated carbocycles. The van der Waals surface area contributed by atoms with Crippen molar-refractivity contribution in [2.45, 2.75) is 31.7 Å². The lowest BCUT2D eigenvalue weighted by molar-refractivity contribution is -0.145. The summed E-state index contributed by atoms with van der Waals surface area (Å²) in [5, 5.41) is 12.3. The Morgan fingerprint density at radius 1 is 1.13 bits per heavy atom. The summed E-state index contributed by atoms with van der Waals surface area (Å²) in [6.07, 6.45) is 3.47. The highest BCUT2D eigenvalue weighted by Crippen LogP contribution is 2.37. The molecule has 1 atom stereocenters. The number of carbonyl (C=O) groups is 2. The van der Waals surface area contributed by atoms with Gasteiger partial charge in [-0.2, -0.15) is 0 Å². The van der Waals surface area contributed by atoms with E-state index in [1.807, 2.05) is 29.2 Å². The number of carboxylic acid groups (broad SMARTS) is 1. The average molecular weight is 381 g/mol. The first kappa shape index (κ1) is 16.5. The lowest BCUT2D eigenvalue weighted by atomic mass is 9.94. The van der Waals surface area contributed by atoms with Gasteiger partial charge in [-0.1, -0.05) is 15.9 Å². The fraction of sp³-hybridized carbons (Fsp3) is 0.529. The monoisotopic (exact) mass is 380 g/mol. The van der Waals surface area contributed by atoms with Crippen LogP contribution in [0.3, 0.4) is 0 Å². The van der Waals surface area contributed by atoms with Crippen molar-refractivity contribution >= 4 is 33.5 Å². The van der Waals surface area contributed by atoms with E-state index in [1.165, 1.54) is 0 Å². The van der Waals surface area contributed by atoms with Crippen LogP contribution in [0.5, 0.6) is 0 Å². The molecule has 0 bridgehead atoms. The van der Waals surface area contributed by atoms with Crippen LogP contribution in [-0.2, 0) is 9.59 Å². The largest absolute Gasteiger partial charge is 0.480 e. The highest BCUT2D eigenvalue weighted by molar-refractivity contribution is 9.10. The number of halogens is 1. The molecule has 1 aromatic rings. The first-order valence-corrected chi connectivity index (χ1v) is 8.87. The number of amides is 1. The van der Waals surface area contributed by atoms with Gasteiger partial charge in [0.15, 0.2) is 0 Å². The van der Waals surface area contributed by atoms with E-state index in [0.717, 1.165) is 35.8 Å². The SMILES string of the molecule is O=C(Nc1ccc(Br)cc1)C1CCN(C(C(=O)O)C2CC2)CC1. The molecule has 3 rings (SSSR count). The number of aliphatic carboxylic acids is 1. The maximum atomic E-state index is 12.4. The zero-order chi connectivity index (χ0) is 16.4. The fourth-order valence-corrected chi connectivity index (χ4v) is 3.55. The van der Waals surface area contributed by atoms with Crippen molar-refractivity contribution in [2.24, 2.45) is 11.8 Å². The number of anilines is 1. The Balaban J connectivity index is 1.52. The summed E-state index contributed by atoms with van der Waals surface area (Å²) in [4.78, 5) is 25.8. The van der Waals surface area contributed by atoms with Gasteiger partial charge in [-0.15, -0.1) is 0 Å². The van der Waals surface area contributed by atoms with Crippen LogP contribution in [0.1, 0.15) is 25.7 Å². The molecule has 1 saturated heterocycles. The van der Waals surface area contributed by atoms with E-state index < -0.39 is 5.97 Å². The molecule has 1 heterocycles. The van der Waals surface area contributed by atoms with E-state index in [4.69, 9.17) is 0 Å². The summed E-state index contributed by atoms with van der Waals surface area (Å²) < 4.78 is 0.976. The van der Waals surface area contributed by atoms with Crippen molar-refractivity contribution in [1.82, 2.24) is 4.90 Å². The number of nitrogens with zero attached hydrogens (tertiary/aromatic N) is 1. The van der Waals surface area contributed by atoms with Crippen LogP contribution >= 0.6 is 15.9 Å². The van der Waals surface area contributed by atoms with Gasteiger partial charge in [-0.05, 0) is 69.0 Å². The number of carbonyl (C=O) groups excluding carboxylic acids is 1. The zero-order valence-corrected chi connectivity index (χ0v) is 14.5. The molecule has 1 aliphatic heterocycles. The highest BCUT2D eigenvalue weighted by Gasteiger charge is 2.41. The van der Waals surface area contributed by atoms with Crippen LogP contribution in [-0.4, -0.2) is 41.0 Å². The van der Waals surface area contributed by atoms with Gasteiger partial charge in [-0.25, -0.2) is 0 Å². The second kappa shape index (κ2) is 7.01. The third kappa shape index (κ3) is 4.12. The Morgan fingerprint density at radius 2 is 1.74 bits per heavy atom. The molecule has 124 valence electrons. The van der Waals surface area contributed by atoms with E-state index in [2.05, 4.69) is 21.2 Å². The average Bonchev–Trinajstić information content (AvgIpc) is 3.35. The number of hydrogen-bond acceptors (Lipinski definition) is 3. The van der Waals surface area contributed by atoms with Gasteiger partial charge in [0.05, 0.1) is 0 Å². The molecule has 0 aromatic heterocycles. The zero-order valence-electron chi connectivity index (χ0n) is 12.9. The summed E-state index contributed by atoms with van der Waals surface area (Å²) in [5.41, 5.74) is 0.794. The number of piperidine rings is 1. The maximum Gasteiger partial charge on any atom is 0.321 e. The van der Waals surface area contributed by atoms with Crippen molar-refractivity contribution in [3.8, 4) is 0 Å². The molecule has 1 amide bonds. The van der Waals surface area contributed by atoms with Gasteiger partial charge in [0, 0.05) is 16.1 Å². The molecule has 2 fully saturated rings. The summed E-state index contributed by atoms with van der Waals surface area (Å²) in [7, 11) is 0. The molecule has 2 aliphatic rings. The number of likely N-dealkylation sites (tertiary alicyclic amines) is 1. The van der Waals surface area contributed by atoms with E-state index in [9.17, 15) is 14.7 Å². The summed E-state index contributed by atoms with van der Waals surface area (Å²) in [6.45, 7) is 1.37. The molecule has 6 heteroatoms. The predicted octanol–water partition coefficient (Wildman–Crippen LogP) is 2.96. The molecule has 1 aliphatic carbocycles. The van der Waals surface area contributed by atoms with Crippen LogP contribution in [0.4, 0.5) is 5.69 Å². The van der Waals surface area contributed by atoms with E-state index in [0.29, 0.717) is 19.0 Å². The van der Waals surface area contributed by atoms with Gasteiger partial charge in [-0.3, -0.25) is 14.5 Å². The standard InChI is InChI=1S/C17H21BrN2O3/c18-13-3-5-14(6-4-13)19-16(21)12-7-9-20(10-8-12)15(17(22)23)11-1-2-11/h3-6,11-12,15H,1-2,7-10H2,(H,19,21)(H,22,23). The molecular formula is C17H21BrN2O3. The van der Waals surface area contributed by atoms with Gasteiger partial charge in [0.25, 0.3) is 0 Å². The Bertz CT molecular complexity index is 578. The second-order valence-corrected chi connectivity index (χ2v) is 7.34. The third-order valence-corrected chi connectivity index (χ3v) is 5.26. The minimum Gasteiger partial charge on any atom is -0.480 e. The molecule has 0 spiro atoms. The van der Waals surface area contributed by atoms with E-state index in [1.54, 1.807) is 0 Å². The smallest absolute Gasteiger partial charge is 0.321 e. The van der Waals surface area contributed by atoms with Crippen molar-refractivity contribution < 1.29 is 14.7 Å². The Labute approximate surface area is 144 Å². The van der Waals surface area contributed by atoms with E-state index in [-0.39, 0.29) is 17.9 Å². The molecule has 0 radical (unpaired) electrons. The number of benzene rings is 1. The van der Waals surface area contributed by atoms with Crippen molar-refractivity contribution in [3.63, 3.8) is 0 Å². The number of carboxylic acids is 1. The summed E-state index contributed by atoms with van der Waals surface area (Å²) >= 11 is 3.37. The van der Waals surface area contributed by atoms with Gasteiger partial charge in [0.1, 0.15) is 6.04 Å². The Kier molecular flexibility index (Phi) is 5.02. The van der Waals surface area contributed by atoms with Gasteiger partial charge >= 0.3 is 5.97 Å². The van der Waals surface area contributed by atoms with Gasteiger partial charge in [0.2, 0.25) is 5.91 Å². The first-order valence-electron chi connectivity index (χ1n) is 8.08. The Hall–Kier alpha value is -1.40. The molecule has 23 heavy (non-hydrogen) atoms. The minimum absolute atomic E-state index is 0.0327. The molecular weight excluding hydrogens is 360 g/mol. The predicted molar refractivity (Wildman–Crippen MR) is 91.2 cm³/mol. The first-order chi connectivity index (χ1) is 11.0. The summed E-state index contributed by atoms with van der Waals surface area (Å²) in [6, 6.07) is 7.16. The van der Waals surface area contributed by atoms with E-state index >= 15 is 0 Å². The topological polar surface area (TPSA) is 69.6 Å². The fourth-order valence-electron chi connectivity index (χ4n) is 3.29. The Morgan fingerprint density at radius 3 is 2.26 bits per heavy atom. The maximum absolute atomic E-state index is 12.4. The molecule has 1 aromatic carbocycles. The minimum atomic E-state index is -0.717. The normalized spacial score (nSPS) is 20.9. The number of hydrogen-bond donors (Lipinski definition) is 2. The van der Waals surface area contributed by atoms with Crippen LogP contribution in [0.15, 0.2) is 28.7 Å². The van der Waals surface area contributed by atoms with Gasteiger partial charge < -0.3 is 10.4 Å². The second-order valence-electron chi connectivity index (χ2n) is 6.43. The van der Waals surface area contributed by atoms with Crippen LogP contribution < -0.4 is 5.32 Å². The third-order valence-electron chi connectivity index (χ3n) is 4.73. The van der Waals surface area contributed by atoms with Crippen LogP contribution in [0.2, 0.25) is 0 Å². The number of nitrogens with one attached hydrogen (secondary N) is 1. The van der Waals surface area contributed by atoms with Crippen molar-refractivity contribution in [3.05, 3.63) is 28.7 Å². The molecule has 5 nitrogen and oxygen atoms in total. The van der Waals surface area contributed by atoms with Crippen molar-refractivity contribution in [2.75, 3.05) is 18.4 Å². The molecule has 2 N–H and O–H groups in total. The molecule has 1 unspecified atom stereocenters. The van der Waals surface area contributed by atoms with Crippen molar-refractivity contribution in [1.29, 1.82) is 0 Å².